The van der Waals surface area contributed by atoms with Crippen LogP contribution in [0, 0.1) is 6.92 Å². The zero-order chi connectivity index (χ0) is 10.8. The summed E-state index contributed by atoms with van der Waals surface area (Å²) < 4.78 is 2.05. The van der Waals surface area contributed by atoms with Gasteiger partial charge in [-0.2, -0.15) is 0 Å². The topological polar surface area (TPSA) is 42.2 Å². The number of aromatic nitrogens is 1. The first kappa shape index (κ1) is 10.3. The molecule has 3 heteroatoms. The Hall–Kier alpha value is -1.25. The first-order valence-electron chi connectivity index (χ1n) is 5.61. The summed E-state index contributed by atoms with van der Waals surface area (Å²) in [5.41, 5.74) is 0.425. The maximum atomic E-state index is 11.2. The van der Waals surface area contributed by atoms with E-state index in [1.165, 1.54) is 25.3 Å². The lowest BCUT2D eigenvalue weighted by Crippen LogP contribution is -2.17. The molecule has 0 unspecified atom stereocenters. The van der Waals surface area contributed by atoms with Crippen molar-refractivity contribution in [2.75, 3.05) is 0 Å². The molecule has 1 aromatic heterocycles. The second kappa shape index (κ2) is 4.09. The van der Waals surface area contributed by atoms with E-state index < -0.39 is 0 Å². The fourth-order valence-electron chi connectivity index (χ4n) is 2.39. The third-order valence-corrected chi connectivity index (χ3v) is 3.32. The zero-order valence-electron chi connectivity index (χ0n) is 9.07. The largest absolute Gasteiger partial charge is 0.503 e. The van der Waals surface area contributed by atoms with Gasteiger partial charge >= 0.3 is 0 Å². The molecule has 0 atom stereocenters. The van der Waals surface area contributed by atoms with E-state index in [0.29, 0.717) is 11.7 Å². The molecule has 15 heavy (non-hydrogen) atoms. The lowest BCUT2D eigenvalue weighted by Gasteiger charge is -2.26. The summed E-state index contributed by atoms with van der Waals surface area (Å²) in [6.07, 6.45) is 7.93. The van der Waals surface area contributed by atoms with Gasteiger partial charge in [0.2, 0.25) is 5.43 Å². The second-order valence-corrected chi connectivity index (χ2v) is 4.31. The molecular formula is C12H17NO2. The van der Waals surface area contributed by atoms with Crippen molar-refractivity contribution in [2.45, 2.75) is 45.1 Å². The molecular weight excluding hydrogens is 190 g/mol. The highest BCUT2D eigenvalue weighted by molar-refractivity contribution is 5.25. The minimum Gasteiger partial charge on any atom is -0.503 e. The van der Waals surface area contributed by atoms with Crippen LogP contribution in [0.4, 0.5) is 0 Å². The molecule has 0 spiro atoms. The molecule has 2 rings (SSSR count). The molecule has 1 fully saturated rings. The molecule has 82 valence electrons. The Morgan fingerprint density at radius 2 is 2.00 bits per heavy atom. The lowest BCUT2D eigenvalue weighted by molar-refractivity contribution is 0.340. The highest BCUT2D eigenvalue weighted by Crippen LogP contribution is 2.29. The van der Waals surface area contributed by atoms with Crippen molar-refractivity contribution in [3.05, 3.63) is 28.2 Å². The monoisotopic (exact) mass is 207 g/mol. The summed E-state index contributed by atoms with van der Waals surface area (Å²) in [4.78, 5) is 11.2. The molecule has 1 heterocycles. The van der Waals surface area contributed by atoms with Crippen molar-refractivity contribution in [3.8, 4) is 5.75 Å². The number of nitrogens with zero attached hydrogens (tertiary/aromatic N) is 1. The van der Waals surface area contributed by atoms with Crippen molar-refractivity contribution >= 4 is 0 Å². The van der Waals surface area contributed by atoms with Gasteiger partial charge in [0.15, 0.2) is 5.75 Å². The Bertz CT molecular complexity index is 403. The average Bonchev–Trinajstić information content (AvgIpc) is 2.27. The van der Waals surface area contributed by atoms with Gasteiger partial charge in [0, 0.05) is 18.3 Å². The van der Waals surface area contributed by atoms with Crippen LogP contribution in [0.25, 0.3) is 0 Å². The van der Waals surface area contributed by atoms with Crippen molar-refractivity contribution < 1.29 is 5.11 Å². The predicted octanol–water partition coefficient (Wildman–Crippen LogP) is 2.37. The van der Waals surface area contributed by atoms with E-state index in [4.69, 9.17) is 0 Å². The Balaban J connectivity index is 2.35. The van der Waals surface area contributed by atoms with E-state index >= 15 is 0 Å². The quantitative estimate of drug-likeness (QED) is 0.768. The average molecular weight is 207 g/mol. The summed E-state index contributed by atoms with van der Waals surface area (Å²) in [5, 5.41) is 9.58. The van der Waals surface area contributed by atoms with Crippen LogP contribution in [0.15, 0.2) is 17.1 Å². The van der Waals surface area contributed by atoms with Gasteiger partial charge in [-0.05, 0) is 19.8 Å². The van der Waals surface area contributed by atoms with Crippen LogP contribution in [-0.4, -0.2) is 9.67 Å². The molecule has 1 aliphatic rings. The van der Waals surface area contributed by atoms with Crippen molar-refractivity contribution in [1.29, 1.82) is 0 Å². The fourth-order valence-corrected chi connectivity index (χ4v) is 2.39. The van der Waals surface area contributed by atoms with Crippen LogP contribution in [0.5, 0.6) is 5.75 Å². The second-order valence-electron chi connectivity index (χ2n) is 4.31. The van der Waals surface area contributed by atoms with E-state index in [1.54, 1.807) is 0 Å². The van der Waals surface area contributed by atoms with Crippen molar-refractivity contribution in [3.63, 3.8) is 0 Å². The minimum atomic E-state index is -0.278. The van der Waals surface area contributed by atoms with Gasteiger partial charge in [-0.1, -0.05) is 19.3 Å². The molecule has 3 nitrogen and oxygen atoms in total. The normalized spacial score (nSPS) is 17.9. The highest BCUT2D eigenvalue weighted by atomic mass is 16.3. The standard InChI is InChI=1S/C12H17NO2/c1-9-12(15)11(14)7-8-13(9)10-5-3-2-4-6-10/h7-8,10,15H,2-6H2,1H3. The van der Waals surface area contributed by atoms with E-state index in [-0.39, 0.29) is 11.2 Å². The van der Waals surface area contributed by atoms with E-state index in [9.17, 15) is 9.90 Å². The smallest absolute Gasteiger partial charge is 0.223 e. The van der Waals surface area contributed by atoms with Gasteiger partial charge in [0.25, 0.3) is 0 Å². The molecule has 1 aliphatic carbocycles. The predicted molar refractivity (Wildman–Crippen MR) is 59.2 cm³/mol. The van der Waals surface area contributed by atoms with Crippen LogP contribution in [0.3, 0.4) is 0 Å². The molecule has 1 saturated carbocycles. The molecule has 0 amide bonds. The lowest BCUT2D eigenvalue weighted by atomic mass is 9.95. The van der Waals surface area contributed by atoms with Gasteiger partial charge < -0.3 is 9.67 Å². The zero-order valence-corrected chi connectivity index (χ0v) is 9.07. The van der Waals surface area contributed by atoms with Gasteiger partial charge in [-0.25, -0.2) is 0 Å². The maximum Gasteiger partial charge on any atom is 0.223 e. The summed E-state index contributed by atoms with van der Waals surface area (Å²) in [6.45, 7) is 1.81. The van der Waals surface area contributed by atoms with Crippen LogP contribution in [-0.2, 0) is 0 Å². The van der Waals surface area contributed by atoms with Gasteiger partial charge in [-0.15, -0.1) is 0 Å². The fraction of sp³-hybridized carbons (Fsp3) is 0.583. The van der Waals surface area contributed by atoms with E-state index in [1.807, 2.05) is 13.1 Å². The molecule has 0 radical (unpaired) electrons. The van der Waals surface area contributed by atoms with Gasteiger partial charge in [-0.3, -0.25) is 4.79 Å². The molecule has 1 aromatic rings. The van der Waals surface area contributed by atoms with Gasteiger partial charge in [0.05, 0.1) is 5.69 Å². The van der Waals surface area contributed by atoms with Crippen molar-refractivity contribution in [1.82, 2.24) is 4.57 Å². The van der Waals surface area contributed by atoms with Gasteiger partial charge in [0.1, 0.15) is 0 Å². The molecule has 0 bridgehead atoms. The first-order valence-corrected chi connectivity index (χ1v) is 5.61. The van der Waals surface area contributed by atoms with Crippen LogP contribution in [0.2, 0.25) is 0 Å². The van der Waals surface area contributed by atoms with E-state index in [0.717, 1.165) is 12.8 Å². The van der Waals surface area contributed by atoms with Crippen LogP contribution >= 0.6 is 0 Å². The number of hydrogen-bond donors (Lipinski definition) is 1. The van der Waals surface area contributed by atoms with E-state index in [2.05, 4.69) is 4.57 Å². The highest BCUT2D eigenvalue weighted by Gasteiger charge is 2.17. The maximum absolute atomic E-state index is 11.2. The number of aromatic hydroxyl groups is 1. The van der Waals surface area contributed by atoms with Crippen molar-refractivity contribution in [2.24, 2.45) is 0 Å². The first-order chi connectivity index (χ1) is 7.20. The summed E-state index contributed by atoms with van der Waals surface area (Å²) in [5.74, 6) is -0.0944. The SMILES string of the molecule is Cc1c(O)c(=O)ccn1C1CCCCC1. The van der Waals surface area contributed by atoms with Crippen LogP contribution in [0.1, 0.15) is 43.8 Å². The number of hydrogen-bond acceptors (Lipinski definition) is 2. The number of pyridine rings is 1. The Labute approximate surface area is 89.4 Å². The third kappa shape index (κ3) is 1.91. The summed E-state index contributed by atoms with van der Waals surface area (Å²) >= 11 is 0. The summed E-state index contributed by atoms with van der Waals surface area (Å²) in [7, 11) is 0. The Morgan fingerprint density at radius 3 is 2.67 bits per heavy atom. The Kier molecular flexibility index (Phi) is 2.80. The minimum absolute atomic E-state index is 0.0944. The number of rotatable bonds is 1. The third-order valence-electron chi connectivity index (χ3n) is 3.32. The Morgan fingerprint density at radius 1 is 1.33 bits per heavy atom. The summed E-state index contributed by atoms with van der Waals surface area (Å²) in [6, 6.07) is 1.92. The molecule has 0 saturated heterocycles. The molecule has 1 N–H and O–H groups in total. The molecule has 0 aromatic carbocycles. The van der Waals surface area contributed by atoms with Crippen LogP contribution < -0.4 is 5.43 Å². The molecule has 0 aliphatic heterocycles.